The quantitative estimate of drug-likeness (QED) is 0.656. The third-order valence-corrected chi connectivity index (χ3v) is 4.20. The largest absolute Gasteiger partial charge is 0.271 e. The Kier molecular flexibility index (Phi) is 4.17. The van der Waals surface area contributed by atoms with Crippen LogP contribution in [0.5, 0.6) is 0 Å². The number of pyridine rings is 1. The second-order valence-electron chi connectivity index (χ2n) is 4.67. The van der Waals surface area contributed by atoms with Crippen molar-refractivity contribution in [1.29, 1.82) is 0 Å². The zero-order valence-electron chi connectivity index (χ0n) is 11.4. The second-order valence-corrected chi connectivity index (χ2v) is 6.69. The maximum Gasteiger partial charge on any atom is 0.175 e. The number of aromatic nitrogens is 1. The predicted molar refractivity (Wildman–Crippen MR) is 77.7 cm³/mol. The van der Waals surface area contributed by atoms with Crippen LogP contribution in [0.4, 0.5) is 0 Å². The highest BCUT2D eigenvalue weighted by Crippen LogP contribution is 2.22. The fourth-order valence-corrected chi connectivity index (χ4v) is 2.57. The lowest BCUT2D eigenvalue weighted by molar-refractivity contribution is 0.601. The average Bonchev–Trinajstić information content (AvgIpc) is 2.41. The summed E-state index contributed by atoms with van der Waals surface area (Å²) in [6, 6.07) is 10.3. The van der Waals surface area contributed by atoms with Crippen molar-refractivity contribution in [2.45, 2.75) is 17.9 Å². The van der Waals surface area contributed by atoms with E-state index >= 15 is 0 Å². The summed E-state index contributed by atoms with van der Waals surface area (Å²) in [5.41, 5.74) is 5.45. The van der Waals surface area contributed by atoms with Gasteiger partial charge in [-0.1, -0.05) is 18.2 Å². The maximum atomic E-state index is 11.4. The molecule has 0 spiro atoms. The van der Waals surface area contributed by atoms with Gasteiger partial charge < -0.3 is 0 Å². The Morgan fingerprint density at radius 3 is 2.15 bits per heavy atom. The van der Waals surface area contributed by atoms with Crippen LogP contribution in [0.3, 0.4) is 0 Å². The number of hydrazine groups is 1. The maximum absolute atomic E-state index is 11.4. The van der Waals surface area contributed by atoms with E-state index in [9.17, 15) is 8.42 Å². The van der Waals surface area contributed by atoms with Crippen LogP contribution in [0.25, 0.3) is 0 Å². The van der Waals surface area contributed by atoms with Gasteiger partial charge in [0.15, 0.2) is 9.84 Å². The molecule has 0 aliphatic heterocycles. The van der Waals surface area contributed by atoms with Crippen molar-refractivity contribution in [3.63, 3.8) is 0 Å². The summed E-state index contributed by atoms with van der Waals surface area (Å²) in [6.45, 7) is 1.91. The van der Waals surface area contributed by atoms with E-state index in [1.807, 2.05) is 19.1 Å². The summed E-state index contributed by atoms with van der Waals surface area (Å²) in [4.78, 5) is 4.53. The number of nitrogens with one attached hydrogen (secondary N) is 1. The third kappa shape index (κ3) is 3.22. The summed E-state index contributed by atoms with van der Waals surface area (Å²) in [5.74, 6) is 5.60. The fourth-order valence-electron chi connectivity index (χ4n) is 1.94. The van der Waals surface area contributed by atoms with Gasteiger partial charge in [-0.3, -0.25) is 10.8 Å². The van der Waals surface area contributed by atoms with E-state index in [1.54, 1.807) is 30.5 Å². The Labute approximate surface area is 118 Å². The smallest absolute Gasteiger partial charge is 0.175 e. The van der Waals surface area contributed by atoms with Crippen LogP contribution in [0.2, 0.25) is 0 Å². The Morgan fingerprint density at radius 2 is 1.70 bits per heavy atom. The topological polar surface area (TPSA) is 85.1 Å². The molecular weight excluding hydrogens is 274 g/mol. The van der Waals surface area contributed by atoms with Crippen molar-refractivity contribution in [2.75, 3.05) is 6.26 Å². The number of benzene rings is 1. The monoisotopic (exact) mass is 291 g/mol. The van der Waals surface area contributed by atoms with Gasteiger partial charge in [-0.2, -0.15) is 0 Å². The molecule has 1 aromatic heterocycles. The zero-order valence-corrected chi connectivity index (χ0v) is 12.2. The van der Waals surface area contributed by atoms with Gasteiger partial charge in [0.05, 0.1) is 10.9 Å². The van der Waals surface area contributed by atoms with Crippen molar-refractivity contribution in [2.24, 2.45) is 5.84 Å². The van der Waals surface area contributed by atoms with Crippen molar-refractivity contribution >= 4 is 9.84 Å². The highest BCUT2D eigenvalue weighted by atomic mass is 32.2. The summed E-state index contributed by atoms with van der Waals surface area (Å²) in [7, 11) is -3.19. The molecule has 0 amide bonds. The molecule has 106 valence electrons. The van der Waals surface area contributed by atoms with Crippen molar-refractivity contribution in [3.05, 3.63) is 59.4 Å². The minimum Gasteiger partial charge on any atom is -0.271 e. The van der Waals surface area contributed by atoms with Crippen LogP contribution in [-0.2, 0) is 9.84 Å². The van der Waals surface area contributed by atoms with Gasteiger partial charge in [0.25, 0.3) is 0 Å². The summed E-state index contributed by atoms with van der Waals surface area (Å²) < 4.78 is 22.9. The number of hydrogen-bond acceptors (Lipinski definition) is 5. The molecule has 0 fully saturated rings. The standard InChI is InChI=1S/C14H17N3O2S/c1-10-3-4-12(9-16-10)14(17-15)11-5-7-13(8-6-11)20(2,18)19/h3-9,14,17H,15H2,1-2H3. The van der Waals surface area contributed by atoms with Gasteiger partial charge in [-0.05, 0) is 36.2 Å². The van der Waals surface area contributed by atoms with Gasteiger partial charge in [0, 0.05) is 18.1 Å². The molecule has 5 nitrogen and oxygen atoms in total. The van der Waals surface area contributed by atoms with E-state index in [-0.39, 0.29) is 6.04 Å². The molecule has 3 N–H and O–H groups in total. The van der Waals surface area contributed by atoms with E-state index in [2.05, 4.69) is 10.4 Å². The number of aryl methyl sites for hydroxylation is 1. The van der Waals surface area contributed by atoms with Gasteiger partial charge in [0.1, 0.15) is 0 Å². The molecule has 0 radical (unpaired) electrons. The Bertz CT molecular complexity index is 679. The Morgan fingerprint density at radius 1 is 1.10 bits per heavy atom. The van der Waals surface area contributed by atoms with E-state index in [0.29, 0.717) is 4.90 Å². The zero-order chi connectivity index (χ0) is 14.8. The fraction of sp³-hybridized carbons (Fsp3) is 0.214. The van der Waals surface area contributed by atoms with Crippen LogP contribution in [0.15, 0.2) is 47.5 Å². The van der Waals surface area contributed by atoms with E-state index in [0.717, 1.165) is 16.8 Å². The first kappa shape index (κ1) is 14.6. The number of nitrogens with zero attached hydrogens (tertiary/aromatic N) is 1. The number of sulfone groups is 1. The number of rotatable bonds is 4. The minimum atomic E-state index is -3.19. The van der Waals surface area contributed by atoms with E-state index in [1.165, 1.54) is 6.26 Å². The lowest BCUT2D eigenvalue weighted by Gasteiger charge is -2.17. The molecule has 0 bridgehead atoms. The molecule has 6 heteroatoms. The van der Waals surface area contributed by atoms with Crippen molar-refractivity contribution in [3.8, 4) is 0 Å². The van der Waals surface area contributed by atoms with Crippen LogP contribution < -0.4 is 11.3 Å². The van der Waals surface area contributed by atoms with E-state index in [4.69, 9.17) is 5.84 Å². The summed E-state index contributed by atoms with van der Waals surface area (Å²) in [5, 5.41) is 0. The SMILES string of the molecule is Cc1ccc(C(NN)c2ccc(S(C)(=O)=O)cc2)cn1. The highest BCUT2D eigenvalue weighted by molar-refractivity contribution is 7.90. The number of nitrogens with two attached hydrogens (primary N) is 1. The normalized spacial score (nSPS) is 13.2. The van der Waals surface area contributed by atoms with Gasteiger partial charge in [-0.25, -0.2) is 13.8 Å². The van der Waals surface area contributed by atoms with Gasteiger partial charge in [-0.15, -0.1) is 0 Å². The third-order valence-electron chi connectivity index (χ3n) is 3.08. The van der Waals surface area contributed by atoms with E-state index < -0.39 is 9.84 Å². The average molecular weight is 291 g/mol. The summed E-state index contributed by atoms with van der Waals surface area (Å²) >= 11 is 0. The Balaban J connectivity index is 2.35. The van der Waals surface area contributed by atoms with Crippen LogP contribution in [0.1, 0.15) is 22.9 Å². The van der Waals surface area contributed by atoms with Crippen LogP contribution in [0, 0.1) is 6.92 Å². The highest BCUT2D eigenvalue weighted by Gasteiger charge is 2.14. The molecule has 0 aliphatic carbocycles. The first-order chi connectivity index (χ1) is 9.41. The first-order valence-electron chi connectivity index (χ1n) is 6.10. The predicted octanol–water partition coefficient (Wildman–Crippen LogP) is 1.35. The molecule has 0 aliphatic rings. The Hall–Kier alpha value is -1.76. The molecule has 2 aromatic rings. The van der Waals surface area contributed by atoms with Crippen molar-refractivity contribution in [1.82, 2.24) is 10.4 Å². The molecule has 2 rings (SSSR count). The molecule has 1 atom stereocenters. The lowest BCUT2D eigenvalue weighted by atomic mass is 10.0. The molecule has 1 aromatic carbocycles. The van der Waals surface area contributed by atoms with Gasteiger partial charge in [0.2, 0.25) is 0 Å². The molecule has 1 unspecified atom stereocenters. The molecular formula is C14H17N3O2S. The van der Waals surface area contributed by atoms with Gasteiger partial charge >= 0.3 is 0 Å². The molecule has 0 saturated heterocycles. The molecule has 20 heavy (non-hydrogen) atoms. The minimum absolute atomic E-state index is 0.225. The second kappa shape index (κ2) is 5.70. The first-order valence-corrected chi connectivity index (χ1v) is 7.99. The van der Waals surface area contributed by atoms with Crippen LogP contribution in [-0.4, -0.2) is 19.7 Å². The lowest BCUT2D eigenvalue weighted by Crippen LogP contribution is -2.29. The number of hydrogen-bond donors (Lipinski definition) is 2. The molecule has 0 saturated carbocycles. The van der Waals surface area contributed by atoms with Crippen molar-refractivity contribution < 1.29 is 8.42 Å². The summed E-state index contributed by atoms with van der Waals surface area (Å²) in [6.07, 6.45) is 2.94. The molecule has 1 heterocycles. The van der Waals surface area contributed by atoms with Crippen LogP contribution >= 0.6 is 0 Å².